The molecule has 2 amide bonds. The molecule has 30 heavy (non-hydrogen) atoms. The molecule has 158 valence electrons. The van der Waals surface area contributed by atoms with Crippen molar-refractivity contribution >= 4 is 40.3 Å². The average Bonchev–Trinajstić information content (AvgIpc) is 2.94. The van der Waals surface area contributed by atoms with Crippen molar-refractivity contribution in [3.8, 4) is 5.75 Å². The Bertz CT molecular complexity index is 1070. The van der Waals surface area contributed by atoms with E-state index >= 15 is 0 Å². The fourth-order valence-electron chi connectivity index (χ4n) is 4.14. The van der Waals surface area contributed by atoms with E-state index in [-0.39, 0.29) is 5.56 Å². The lowest BCUT2D eigenvalue weighted by molar-refractivity contribution is -0.159. The Morgan fingerprint density at radius 2 is 2.00 bits per heavy atom. The van der Waals surface area contributed by atoms with Gasteiger partial charge in [0, 0.05) is 10.1 Å². The average molecular weight is 432 g/mol. The van der Waals surface area contributed by atoms with E-state index in [4.69, 9.17) is 4.74 Å². The molecule has 3 atom stereocenters. The maximum atomic E-state index is 13.9. The highest BCUT2D eigenvalue weighted by Gasteiger charge is 2.64. The van der Waals surface area contributed by atoms with Crippen LogP contribution >= 0.6 is 11.8 Å². The van der Waals surface area contributed by atoms with Crippen LogP contribution in [0.25, 0.3) is 10.8 Å². The minimum absolute atomic E-state index is 0.150. The molecule has 0 bridgehead atoms. The van der Waals surface area contributed by atoms with Crippen molar-refractivity contribution < 1.29 is 28.6 Å². The number of hydrogen-bond acceptors (Lipinski definition) is 5. The lowest BCUT2D eigenvalue weighted by Crippen LogP contribution is -2.70. The minimum atomic E-state index is -1.07. The molecular formula is C21H21FN2O5S. The Morgan fingerprint density at radius 3 is 2.67 bits per heavy atom. The van der Waals surface area contributed by atoms with Crippen LogP contribution in [0, 0.1) is 5.82 Å². The zero-order valence-corrected chi connectivity index (χ0v) is 17.5. The van der Waals surface area contributed by atoms with Crippen LogP contribution in [-0.4, -0.2) is 56.6 Å². The number of thioether (sulfide) groups is 1. The van der Waals surface area contributed by atoms with E-state index in [1.54, 1.807) is 39.0 Å². The number of aliphatic carboxylic acids is 1. The summed E-state index contributed by atoms with van der Waals surface area (Å²) in [6.45, 7) is 5.61. The molecule has 9 heteroatoms. The standard InChI is InChI=1S/C21H21FN2O5S/c1-4-29-13-8-6-10-5-7-11(22)9-12(10)14(13)17(25)23-15-18(26)24-16(20(27)28)21(2,3)30-19(15)24/h5-9,15-16,19H,4H2,1-3H3,(H,23,25)(H,27,28)/t15-,16+,19-/m1/s1. The molecule has 0 radical (unpaired) electrons. The number of nitrogens with zero attached hydrogens (tertiary/aromatic N) is 1. The van der Waals surface area contributed by atoms with Crippen LogP contribution in [-0.2, 0) is 9.59 Å². The predicted molar refractivity (Wildman–Crippen MR) is 110 cm³/mol. The summed E-state index contributed by atoms with van der Waals surface area (Å²) in [4.78, 5) is 38.8. The molecule has 2 N–H and O–H groups in total. The first-order valence-corrected chi connectivity index (χ1v) is 10.4. The van der Waals surface area contributed by atoms with Crippen LogP contribution in [0.15, 0.2) is 30.3 Å². The lowest BCUT2D eigenvalue weighted by Gasteiger charge is -2.43. The Kier molecular flexibility index (Phi) is 4.88. The normalized spacial score (nSPS) is 24.3. The topological polar surface area (TPSA) is 95.9 Å². The third kappa shape index (κ3) is 3.08. The summed E-state index contributed by atoms with van der Waals surface area (Å²) < 4.78 is 18.8. The van der Waals surface area contributed by atoms with Crippen molar-refractivity contribution in [1.29, 1.82) is 0 Å². The van der Waals surface area contributed by atoms with Crippen LogP contribution < -0.4 is 10.1 Å². The summed E-state index contributed by atoms with van der Waals surface area (Å²) in [6.07, 6.45) is 0. The van der Waals surface area contributed by atoms with Gasteiger partial charge in [0.15, 0.2) is 0 Å². The Balaban J connectivity index is 1.66. The number of nitrogens with one attached hydrogen (secondary N) is 1. The number of benzene rings is 2. The van der Waals surface area contributed by atoms with Crippen molar-refractivity contribution in [2.24, 2.45) is 0 Å². The molecule has 2 aliphatic heterocycles. The third-order valence-corrected chi connectivity index (χ3v) is 7.01. The Labute approximate surface area is 176 Å². The van der Waals surface area contributed by atoms with Crippen molar-refractivity contribution in [2.45, 2.75) is 43.0 Å². The predicted octanol–water partition coefficient (Wildman–Crippen LogP) is 2.62. The highest BCUT2D eigenvalue weighted by molar-refractivity contribution is 8.01. The molecule has 2 heterocycles. The van der Waals surface area contributed by atoms with Gasteiger partial charge in [0.25, 0.3) is 5.91 Å². The molecule has 4 rings (SSSR count). The summed E-state index contributed by atoms with van der Waals surface area (Å²) in [5.41, 5.74) is 0.150. The van der Waals surface area contributed by atoms with Gasteiger partial charge in [-0.15, -0.1) is 11.8 Å². The van der Waals surface area contributed by atoms with Gasteiger partial charge in [-0.25, -0.2) is 9.18 Å². The number of carbonyl (C=O) groups excluding carboxylic acids is 2. The second-order valence-electron chi connectivity index (χ2n) is 7.79. The first-order chi connectivity index (χ1) is 14.2. The van der Waals surface area contributed by atoms with Crippen LogP contribution in [0.3, 0.4) is 0 Å². The molecule has 0 aromatic heterocycles. The quantitative estimate of drug-likeness (QED) is 0.706. The number of halogens is 1. The van der Waals surface area contributed by atoms with Gasteiger partial charge in [-0.1, -0.05) is 12.1 Å². The van der Waals surface area contributed by atoms with E-state index in [1.165, 1.54) is 28.8 Å². The number of β-lactam (4-membered cyclic amide) rings is 1. The van der Waals surface area contributed by atoms with E-state index in [0.29, 0.717) is 23.1 Å². The molecule has 2 aliphatic rings. The maximum absolute atomic E-state index is 13.9. The molecule has 2 aromatic carbocycles. The number of amides is 2. The largest absolute Gasteiger partial charge is 0.493 e. The van der Waals surface area contributed by atoms with Crippen LogP contribution in [0.2, 0.25) is 0 Å². The molecule has 0 spiro atoms. The van der Waals surface area contributed by atoms with Crippen molar-refractivity contribution in [3.63, 3.8) is 0 Å². The van der Waals surface area contributed by atoms with Crippen LogP contribution in [0.4, 0.5) is 4.39 Å². The number of carbonyl (C=O) groups is 3. The van der Waals surface area contributed by atoms with Gasteiger partial charge in [-0.3, -0.25) is 9.59 Å². The summed E-state index contributed by atoms with van der Waals surface area (Å²) in [5.74, 6) is -2.28. The molecule has 0 aliphatic carbocycles. The molecule has 0 unspecified atom stereocenters. The number of hydrogen-bond donors (Lipinski definition) is 2. The van der Waals surface area contributed by atoms with Crippen molar-refractivity contribution in [2.75, 3.05) is 6.61 Å². The number of carboxylic acids is 1. The van der Waals surface area contributed by atoms with E-state index in [1.807, 2.05) is 0 Å². The first kappa shape index (κ1) is 20.5. The number of ether oxygens (including phenoxy) is 1. The SMILES string of the molecule is CCOc1ccc2ccc(F)cc2c1C(=O)N[C@@H]1C(=O)N2[C@@H]1SC(C)(C)[C@@H]2C(=O)O. The zero-order valence-electron chi connectivity index (χ0n) is 16.6. The Hall–Kier alpha value is -2.81. The number of fused-ring (bicyclic) bond motifs is 2. The molecular weight excluding hydrogens is 411 g/mol. The molecule has 2 fully saturated rings. The Morgan fingerprint density at radius 1 is 1.30 bits per heavy atom. The van der Waals surface area contributed by atoms with Gasteiger partial charge < -0.3 is 20.1 Å². The van der Waals surface area contributed by atoms with Crippen molar-refractivity contribution in [3.05, 3.63) is 41.7 Å². The van der Waals surface area contributed by atoms with E-state index in [2.05, 4.69) is 5.32 Å². The van der Waals surface area contributed by atoms with E-state index in [9.17, 15) is 23.9 Å². The van der Waals surface area contributed by atoms with Gasteiger partial charge in [0.2, 0.25) is 5.91 Å². The second-order valence-corrected chi connectivity index (χ2v) is 9.56. The molecule has 2 aromatic rings. The van der Waals surface area contributed by atoms with E-state index < -0.39 is 45.8 Å². The zero-order chi connectivity index (χ0) is 21.8. The summed E-state index contributed by atoms with van der Waals surface area (Å²) in [7, 11) is 0. The smallest absolute Gasteiger partial charge is 0.327 e. The summed E-state index contributed by atoms with van der Waals surface area (Å²) >= 11 is 1.34. The fourth-order valence-corrected chi connectivity index (χ4v) is 5.77. The third-order valence-electron chi connectivity index (χ3n) is 5.43. The van der Waals surface area contributed by atoms with E-state index in [0.717, 1.165) is 0 Å². The molecule has 7 nitrogen and oxygen atoms in total. The van der Waals surface area contributed by atoms with Gasteiger partial charge in [-0.05, 0) is 44.4 Å². The summed E-state index contributed by atoms with van der Waals surface area (Å²) in [6, 6.07) is 5.70. The second kappa shape index (κ2) is 7.16. The highest BCUT2D eigenvalue weighted by atomic mass is 32.2. The molecule has 2 saturated heterocycles. The van der Waals surface area contributed by atoms with Crippen LogP contribution in [0.5, 0.6) is 5.75 Å². The maximum Gasteiger partial charge on any atom is 0.327 e. The fraction of sp³-hybridized carbons (Fsp3) is 0.381. The monoisotopic (exact) mass is 432 g/mol. The molecule has 0 saturated carbocycles. The number of carboxylic acid groups (broad SMARTS) is 1. The van der Waals surface area contributed by atoms with Gasteiger partial charge in [-0.2, -0.15) is 0 Å². The van der Waals surface area contributed by atoms with Gasteiger partial charge >= 0.3 is 5.97 Å². The number of rotatable bonds is 5. The minimum Gasteiger partial charge on any atom is -0.493 e. The highest BCUT2D eigenvalue weighted by Crippen LogP contribution is 2.50. The van der Waals surface area contributed by atoms with Crippen LogP contribution in [0.1, 0.15) is 31.1 Å². The van der Waals surface area contributed by atoms with Gasteiger partial charge in [0.1, 0.15) is 29.0 Å². The van der Waals surface area contributed by atoms with Crippen molar-refractivity contribution in [1.82, 2.24) is 10.2 Å². The van der Waals surface area contributed by atoms with Gasteiger partial charge in [0.05, 0.1) is 12.2 Å². The lowest BCUT2D eigenvalue weighted by atomic mass is 9.95. The summed E-state index contributed by atoms with van der Waals surface area (Å²) in [5, 5.41) is 12.8. The first-order valence-electron chi connectivity index (χ1n) is 9.54.